The van der Waals surface area contributed by atoms with Crippen LogP contribution < -0.4 is 0 Å². The highest BCUT2D eigenvalue weighted by molar-refractivity contribution is 7.59. The van der Waals surface area contributed by atoms with Gasteiger partial charge in [-0.2, -0.15) is 0 Å². The van der Waals surface area contributed by atoms with Crippen molar-refractivity contribution < 1.29 is 9.09 Å². The standard InChI is InChI=1S/C11H23O2P/c1-5-13-14(12)8-6-10(7-9-14)11(2,3)4/h10H,5-9H2,1-4H3. The fourth-order valence-electron chi connectivity index (χ4n) is 2.19. The van der Waals surface area contributed by atoms with Gasteiger partial charge in [0.1, 0.15) is 0 Å². The summed E-state index contributed by atoms with van der Waals surface area (Å²) in [5, 5.41) is 0. The van der Waals surface area contributed by atoms with E-state index in [1.54, 1.807) is 0 Å². The van der Waals surface area contributed by atoms with Gasteiger partial charge in [-0.05, 0) is 31.1 Å². The molecule has 0 bridgehead atoms. The topological polar surface area (TPSA) is 26.3 Å². The zero-order chi connectivity index (χ0) is 10.8. The van der Waals surface area contributed by atoms with Gasteiger partial charge < -0.3 is 4.52 Å². The van der Waals surface area contributed by atoms with Crippen molar-refractivity contribution in [3.63, 3.8) is 0 Å². The fourth-order valence-corrected chi connectivity index (χ4v) is 4.55. The Morgan fingerprint density at radius 2 is 1.79 bits per heavy atom. The van der Waals surface area contributed by atoms with Crippen LogP contribution in [-0.2, 0) is 9.09 Å². The summed E-state index contributed by atoms with van der Waals surface area (Å²) < 4.78 is 17.5. The first-order valence-corrected chi connectivity index (χ1v) is 7.59. The molecule has 0 aliphatic carbocycles. The number of hydrogen-bond acceptors (Lipinski definition) is 2. The predicted octanol–water partition coefficient (Wildman–Crippen LogP) is 3.76. The van der Waals surface area contributed by atoms with E-state index in [9.17, 15) is 4.57 Å². The van der Waals surface area contributed by atoms with Gasteiger partial charge in [0.25, 0.3) is 0 Å². The van der Waals surface area contributed by atoms with Gasteiger partial charge in [0, 0.05) is 12.3 Å². The third-order valence-electron chi connectivity index (χ3n) is 3.23. The molecule has 0 aromatic carbocycles. The molecule has 1 fully saturated rings. The fraction of sp³-hybridized carbons (Fsp3) is 1.00. The molecule has 0 spiro atoms. The van der Waals surface area contributed by atoms with Crippen molar-refractivity contribution in [3.8, 4) is 0 Å². The molecule has 3 heteroatoms. The van der Waals surface area contributed by atoms with Crippen LogP contribution in [0.15, 0.2) is 0 Å². The summed E-state index contributed by atoms with van der Waals surface area (Å²) in [7, 11) is -2.22. The molecule has 0 aromatic rings. The lowest BCUT2D eigenvalue weighted by atomic mass is 9.77. The lowest BCUT2D eigenvalue weighted by molar-refractivity contribution is 0.211. The summed E-state index contributed by atoms with van der Waals surface area (Å²) in [6.07, 6.45) is 3.73. The molecule has 0 saturated carbocycles. The molecular formula is C11H23O2P. The minimum atomic E-state index is -2.22. The molecule has 0 amide bonds. The molecule has 1 heterocycles. The molecule has 1 saturated heterocycles. The first-order valence-electron chi connectivity index (χ1n) is 5.60. The highest BCUT2D eigenvalue weighted by atomic mass is 31.2. The Hall–Kier alpha value is 0.190. The van der Waals surface area contributed by atoms with Gasteiger partial charge in [-0.3, -0.25) is 4.57 Å². The maximum Gasteiger partial charge on any atom is 0.203 e. The highest BCUT2D eigenvalue weighted by Gasteiger charge is 2.35. The summed E-state index contributed by atoms with van der Waals surface area (Å²) in [6, 6.07) is 0. The van der Waals surface area contributed by atoms with Crippen molar-refractivity contribution in [1.29, 1.82) is 0 Å². The van der Waals surface area contributed by atoms with Crippen molar-refractivity contribution in [1.82, 2.24) is 0 Å². The van der Waals surface area contributed by atoms with Crippen molar-refractivity contribution in [3.05, 3.63) is 0 Å². The zero-order valence-electron chi connectivity index (χ0n) is 9.88. The van der Waals surface area contributed by atoms with Gasteiger partial charge >= 0.3 is 0 Å². The smallest absolute Gasteiger partial charge is 0.203 e. The average molecular weight is 218 g/mol. The predicted molar refractivity (Wildman–Crippen MR) is 61.1 cm³/mol. The van der Waals surface area contributed by atoms with E-state index < -0.39 is 7.37 Å². The van der Waals surface area contributed by atoms with Crippen LogP contribution in [0.4, 0.5) is 0 Å². The Morgan fingerprint density at radius 3 is 2.14 bits per heavy atom. The summed E-state index contributed by atoms with van der Waals surface area (Å²) in [6.45, 7) is 9.34. The highest BCUT2D eigenvalue weighted by Crippen LogP contribution is 2.54. The molecule has 0 N–H and O–H groups in total. The summed E-state index contributed by atoms with van der Waals surface area (Å²) >= 11 is 0. The van der Waals surface area contributed by atoms with E-state index in [0.717, 1.165) is 25.2 Å². The van der Waals surface area contributed by atoms with Crippen LogP contribution >= 0.6 is 7.37 Å². The van der Waals surface area contributed by atoms with Gasteiger partial charge in [-0.1, -0.05) is 20.8 Å². The van der Waals surface area contributed by atoms with Crippen LogP contribution in [0, 0.1) is 11.3 Å². The normalized spacial score (nSPS) is 34.4. The van der Waals surface area contributed by atoms with E-state index in [1.165, 1.54) is 0 Å². The molecule has 1 aliphatic heterocycles. The van der Waals surface area contributed by atoms with Crippen LogP contribution in [0.2, 0.25) is 0 Å². The van der Waals surface area contributed by atoms with E-state index in [0.29, 0.717) is 17.9 Å². The van der Waals surface area contributed by atoms with Crippen molar-refractivity contribution in [2.75, 3.05) is 18.9 Å². The second kappa shape index (κ2) is 4.37. The number of rotatable bonds is 2. The SMILES string of the molecule is CCOP1(=O)CCC(C(C)(C)C)CC1. The second-order valence-corrected chi connectivity index (χ2v) is 8.10. The minimum absolute atomic E-state index is 0.359. The Balaban J connectivity index is 2.50. The summed E-state index contributed by atoms with van der Waals surface area (Å²) in [4.78, 5) is 0. The Morgan fingerprint density at radius 1 is 1.29 bits per heavy atom. The molecule has 0 atom stereocenters. The van der Waals surface area contributed by atoms with Crippen LogP contribution in [0.3, 0.4) is 0 Å². The third-order valence-corrected chi connectivity index (χ3v) is 5.83. The van der Waals surface area contributed by atoms with Crippen molar-refractivity contribution in [2.45, 2.75) is 40.5 Å². The van der Waals surface area contributed by atoms with E-state index in [2.05, 4.69) is 20.8 Å². The molecule has 2 nitrogen and oxygen atoms in total. The van der Waals surface area contributed by atoms with E-state index in [4.69, 9.17) is 4.52 Å². The van der Waals surface area contributed by atoms with E-state index >= 15 is 0 Å². The quantitative estimate of drug-likeness (QED) is 0.660. The van der Waals surface area contributed by atoms with Gasteiger partial charge in [0.05, 0.1) is 6.61 Å². The number of hydrogen-bond donors (Lipinski definition) is 0. The second-order valence-electron chi connectivity index (χ2n) is 5.32. The monoisotopic (exact) mass is 218 g/mol. The van der Waals surface area contributed by atoms with Crippen molar-refractivity contribution >= 4 is 7.37 Å². The minimum Gasteiger partial charge on any atom is -0.329 e. The molecule has 0 aromatic heterocycles. The first-order chi connectivity index (χ1) is 6.37. The molecule has 0 radical (unpaired) electrons. The summed E-state index contributed by atoms with van der Waals surface area (Å²) in [5.41, 5.74) is 0.359. The average Bonchev–Trinajstić information content (AvgIpc) is 2.03. The van der Waals surface area contributed by atoms with Crippen LogP contribution in [0.25, 0.3) is 0 Å². The van der Waals surface area contributed by atoms with Gasteiger partial charge in [-0.25, -0.2) is 0 Å². The largest absolute Gasteiger partial charge is 0.329 e. The van der Waals surface area contributed by atoms with E-state index in [1.807, 2.05) is 6.92 Å². The van der Waals surface area contributed by atoms with Gasteiger partial charge in [0.2, 0.25) is 7.37 Å². The molecular weight excluding hydrogens is 195 g/mol. The first kappa shape index (κ1) is 12.3. The third kappa shape index (κ3) is 3.10. The Bertz CT molecular complexity index is 218. The lowest BCUT2D eigenvalue weighted by Crippen LogP contribution is -2.26. The van der Waals surface area contributed by atoms with Crippen molar-refractivity contribution in [2.24, 2.45) is 11.3 Å². The molecule has 1 rings (SSSR count). The molecule has 14 heavy (non-hydrogen) atoms. The maximum atomic E-state index is 12.1. The maximum absolute atomic E-state index is 12.1. The molecule has 1 aliphatic rings. The van der Waals surface area contributed by atoms with E-state index in [-0.39, 0.29) is 0 Å². The summed E-state index contributed by atoms with van der Waals surface area (Å²) in [5.74, 6) is 0.713. The van der Waals surface area contributed by atoms with Gasteiger partial charge in [-0.15, -0.1) is 0 Å². The Labute approximate surface area is 87.9 Å². The lowest BCUT2D eigenvalue weighted by Gasteiger charge is -2.36. The molecule has 0 unspecified atom stereocenters. The Kier molecular flexibility index (Phi) is 3.82. The zero-order valence-corrected chi connectivity index (χ0v) is 10.8. The van der Waals surface area contributed by atoms with Crippen LogP contribution in [0.5, 0.6) is 0 Å². The van der Waals surface area contributed by atoms with Crippen LogP contribution in [0.1, 0.15) is 40.5 Å². The van der Waals surface area contributed by atoms with Crippen LogP contribution in [-0.4, -0.2) is 18.9 Å². The van der Waals surface area contributed by atoms with Gasteiger partial charge in [0.15, 0.2) is 0 Å². The molecule has 84 valence electrons.